The zero-order chi connectivity index (χ0) is 12.8. The minimum Gasteiger partial charge on any atom is -0.497 e. The van der Waals surface area contributed by atoms with E-state index < -0.39 is 0 Å². The average molecular weight is 245 g/mol. The maximum atomic E-state index is 5.48. The van der Waals surface area contributed by atoms with E-state index in [1.807, 2.05) is 24.3 Å². The molecule has 1 atom stereocenters. The van der Waals surface area contributed by atoms with Crippen LogP contribution in [0.4, 0.5) is 0 Å². The minimum absolute atomic E-state index is 0.206. The molecule has 3 heteroatoms. The summed E-state index contributed by atoms with van der Waals surface area (Å²) < 4.78 is 10.7. The monoisotopic (exact) mass is 245 g/mol. The maximum absolute atomic E-state index is 5.48. The van der Waals surface area contributed by atoms with Crippen LogP contribution in [0.25, 0.3) is 0 Å². The normalized spacial score (nSPS) is 12.3. The predicted octanol–water partition coefficient (Wildman–Crippen LogP) is 3.18. The van der Waals surface area contributed by atoms with Crippen LogP contribution in [0, 0.1) is 0 Å². The van der Waals surface area contributed by atoms with Crippen LogP contribution < -0.4 is 10.1 Å². The van der Waals surface area contributed by atoms with Crippen molar-refractivity contribution in [2.75, 3.05) is 13.7 Å². The van der Waals surface area contributed by atoms with Crippen LogP contribution >= 0.6 is 0 Å². The minimum atomic E-state index is 0.206. The van der Waals surface area contributed by atoms with Gasteiger partial charge in [0.25, 0.3) is 0 Å². The summed E-state index contributed by atoms with van der Waals surface area (Å²) in [6.07, 6.45) is 2.60. The van der Waals surface area contributed by atoms with Gasteiger partial charge in [-0.1, -0.05) is 19.1 Å². The summed E-state index contributed by atoms with van der Waals surface area (Å²) in [6.45, 7) is 3.01. The molecule has 0 saturated heterocycles. The molecule has 1 unspecified atom stereocenters. The number of ether oxygens (including phenoxy) is 1. The largest absolute Gasteiger partial charge is 0.497 e. The molecule has 18 heavy (non-hydrogen) atoms. The smallest absolute Gasteiger partial charge is 0.121 e. The van der Waals surface area contributed by atoms with Gasteiger partial charge in [0.15, 0.2) is 0 Å². The highest BCUT2D eigenvalue weighted by Gasteiger charge is 2.13. The zero-order valence-corrected chi connectivity index (χ0v) is 10.8. The highest BCUT2D eigenvalue weighted by Crippen LogP contribution is 2.21. The van der Waals surface area contributed by atoms with Crippen LogP contribution in [-0.4, -0.2) is 13.7 Å². The Morgan fingerprint density at radius 1 is 1.28 bits per heavy atom. The van der Waals surface area contributed by atoms with Crippen molar-refractivity contribution < 1.29 is 9.15 Å². The molecule has 1 N–H and O–H groups in total. The standard InChI is InChI=1S/C15H19NO2/c1-3-16-14(15-8-5-9-18-15)11-12-6-4-7-13(10-12)17-2/h4-10,14,16H,3,11H2,1-2H3. The van der Waals surface area contributed by atoms with Gasteiger partial charge >= 0.3 is 0 Å². The van der Waals surface area contributed by atoms with Gasteiger partial charge in [-0.05, 0) is 42.8 Å². The van der Waals surface area contributed by atoms with Crippen LogP contribution in [-0.2, 0) is 6.42 Å². The van der Waals surface area contributed by atoms with Crippen molar-refractivity contribution in [3.05, 3.63) is 54.0 Å². The third kappa shape index (κ3) is 3.14. The number of benzene rings is 1. The summed E-state index contributed by atoms with van der Waals surface area (Å²) in [4.78, 5) is 0. The molecule has 2 rings (SSSR count). The number of hydrogen-bond acceptors (Lipinski definition) is 3. The van der Waals surface area contributed by atoms with Gasteiger partial charge < -0.3 is 14.5 Å². The molecular formula is C15H19NO2. The number of hydrogen-bond donors (Lipinski definition) is 1. The van der Waals surface area contributed by atoms with Crippen LogP contribution in [0.3, 0.4) is 0 Å². The lowest BCUT2D eigenvalue weighted by Gasteiger charge is -2.16. The number of rotatable bonds is 6. The second-order valence-electron chi connectivity index (χ2n) is 4.18. The van der Waals surface area contributed by atoms with Gasteiger partial charge in [-0.25, -0.2) is 0 Å². The van der Waals surface area contributed by atoms with Crippen molar-refractivity contribution >= 4 is 0 Å². The summed E-state index contributed by atoms with van der Waals surface area (Å²) in [6, 6.07) is 12.3. The van der Waals surface area contributed by atoms with Crippen molar-refractivity contribution in [3.8, 4) is 5.75 Å². The van der Waals surface area contributed by atoms with Crippen molar-refractivity contribution in [1.82, 2.24) is 5.32 Å². The molecular weight excluding hydrogens is 226 g/mol. The van der Waals surface area contributed by atoms with E-state index in [0.717, 1.165) is 24.5 Å². The summed E-state index contributed by atoms with van der Waals surface area (Å²) >= 11 is 0. The molecule has 1 heterocycles. The highest BCUT2D eigenvalue weighted by molar-refractivity contribution is 5.29. The molecule has 1 aromatic heterocycles. The molecule has 3 nitrogen and oxygen atoms in total. The molecule has 0 aliphatic heterocycles. The molecule has 96 valence electrons. The lowest BCUT2D eigenvalue weighted by molar-refractivity contribution is 0.408. The Morgan fingerprint density at radius 3 is 2.83 bits per heavy atom. The van der Waals surface area contributed by atoms with E-state index in [1.165, 1.54) is 5.56 Å². The van der Waals surface area contributed by atoms with E-state index in [9.17, 15) is 0 Å². The average Bonchev–Trinajstić information content (AvgIpc) is 2.92. The molecule has 0 radical (unpaired) electrons. The third-order valence-electron chi connectivity index (χ3n) is 2.91. The Kier molecular flexibility index (Phi) is 4.42. The van der Waals surface area contributed by atoms with Crippen LogP contribution in [0.2, 0.25) is 0 Å². The predicted molar refractivity (Wildman–Crippen MR) is 71.8 cm³/mol. The lowest BCUT2D eigenvalue weighted by Crippen LogP contribution is -2.22. The number of likely N-dealkylation sites (N-methyl/N-ethyl adjacent to an activating group) is 1. The Morgan fingerprint density at radius 2 is 2.17 bits per heavy atom. The van der Waals surface area contributed by atoms with Gasteiger partial charge in [-0.15, -0.1) is 0 Å². The van der Waals surface area contributed by atoms with Crippen molar-refractivity contribution in [2.45, 2.75) is 19.4 Å². The molecule has 0 fully saturated rings. The number of furan rings is 1. The SMILES string of the molecule is CCNC(Cc1cccc(OC)c1)c1ccco1. The van der Waals surface area contributed by atoms with E-state index in [4.69, 9.17) is 9.15 Å². The second-order valence-corrected chi connectivity index (χ2v) is 4.18. The molecule has 0 spiro atoms. The Labute approximate surface area is 108 Å². The van der Waals surface area contributed by atoms with E-state index in [2.05, 4.69) is 24.4 Å². The summed E-state index contributed by atoms with van der Waals surface area (Å²) in [7, 11) is 1.69. The van der Waals surface area contributed by atoms with Crippen molar-refractivity contribution in [2.24, 2.45) is 0 Å². The Bertz CT molecular complexity index is 465. The fourth-order valence-corrected chi connectivity index (χ4v) is 2.04. The first kappa shape index (κ1) is 12.7. The fraction of sp³-hybridized carbons (Fsp3) is 0.333. The van der Waals surface area contributed by atoms with Gasteiger partial charge in [-0.3, -0.25) is 0 Å². The van der Waals surface area contributed by atoms with Crippen molar-refractivity contribution in [1.29, 1.82) is 0 Å². The first-order valence-corrected chi connectivity index (χ1v) is 6.23. The summed E-state index contributed by atoms with van der Waals surface area (Å²) in [5.41, 5.74) is 1.23. The van der Waals surface area contributed by atoms with Gasteiger partial charge in [0.1, 0.15) is 11.5 Å². The molecule has 0 aliphatic carbocycles. The Hall–Kier alpha value is -1.74. The zero-order valence-electron chi connectivity index (χ0n) is 10.8. The molecule has 0 saturated carbocycles. The second kappa shape index (κ2) is 6.26. The first-order chi connectivity index (χ1) is 8.83. The first-order valence-electron chi connectivity index (χ1n) is 6.23. The quantitative estimate of drug-likeness (QED) is 0.848. The molecule has 0 bridgehead atoms. The topological polar surface area (TPSA) is 34.4 Å². The molecule has 1 aromatic carbocycles. The van der Waals surface area contributed by atoms with Gasteiger partial charge in [0.2, 0.25) is 0 Å². The van der Waals surface area contributed by atoms with Crippen LogP contribution in [0.5, 0.6) is 5.75 Å². The molecule has 0 amide bonds. The fourth-order valence-electron chi connectivity index (χ4n) is 2.04. The summed E-state index contributed by atoms with van der Waals surface area (Å²) in [5.74, 6) is 1.86. The van der Waals surface area contributed by atoms with Crippen LogP contribution in [0.15, 0.2) is 47.1 Å². The summed E-state index contributed by atoms with van der Waals surface area (Å²) in [5, 5.41) is 3.44. The van der Waals surface area contributed by atoms with Crippen molar-refractivity contribution in [3.63, 3.8) is 0 Å². The molecule has 2 aromatic rings. The van der Waals surface area contributed by atoms with Gasteiger partial charge in [-0.2, -0.15) is 0 Å². The number of methoxy groups -OCH3 is 1. The Balaban J connectivity index is 2.13. The van der Waals surface area contributed by atoms with E-state index >= 15 is 0 Å². The van der Waals surface area contributed by atoms with E-state index in [-0.39, 0.29) is 6.04 Å². The van der Waals surface area contributed by atoms with Crippen LogP contribution in [0.1, 0.15) is 24.3 Å². The van der Waals surface area contributed by atoms with E-state index in [0.29, 0.717) is 0 Å². The lowest BCUT2D eigenvalue weighted by atomic mass is 10.0. The van der Waals surface area contributed by atoms with Gasteiger partial charge in [0.05, 0.1) is 19.4 Å². The number of nitrogens with one attached hydrogen (secondary N) is 1. The third-order valence-corrected chi connectivity index (χ3v) is 2.91. The van der Waals surface area contributed by atoms with E-state index in [1.54, 1.807) is 13.4 Å². The molecule has 0 aliphatic rings. The van der Waals surface area contributed by atoms with Gasteiger partial charge in [0, 0.05) is 0 Å². The highest BCUT2D eigenvalue weighted by atomic mass is 16.5. The maximum Gasteiger partial charge on any atom is 0.121 e.